The summed E-state index contributed by atoms with van der Waals surface area (Å²) < 4.78 is 23.2. The Kier molecular flexibility index (Phi) is 2.49. The first-order valence-electron chi connectivity index (χ1n) is 3.95. The Bertz CT molecular complexity index is 310. The zero-order valence-corrected chi connectivity index (χ0v) is 7.55. The maximum absolute atomic E-state index is 12.8. The molecule has 0 aliphatic carbocycles. The summed E-state index contributed by atoms with van der Waals surface area (Å²) >= 11 is 5.85. The molecule has 0 saturated carbocycles. The minimum absolute atomic E-state index is 0.335. The van der Waals surface area contributed by atoms with Crippen molar-refractivity contribution in [3.63, 3.8) is 0 Å². The standard InChI is InChI=1S/C9H8ClFO2/c10-8-2-1-6(11)5-7(8)9-12-3-4-13-9/h1-2,5,9H,3-4H2. The number of halogens is 2. The monoisotopic (exact) mass is 202 g/mol. The van der Waals surface area contributed by atoms with Crippen LogP contribution in [0.25, 0.3) is 0 Å². The van der Waals surface area contributed by atoms with Gasteiger partial charge in [0, 0.05) is 10.6 Å². The van der Waals surface area contributed by atoms with E-state index < -0.39 is 6.29 Å². The van der Waals surface area contributed by atoms with Crippen LogP contribution in [0.1, 0.15) is 11.9 Å². The van der Waals surface area contributed by atoms with Gasteiger partial charge < -0.3 is 9.47 Å². The van der Waals surface area contributed by atoms with Crippen LogP contribution < -0.4 is 0 Å². The molecule has 0 spiro atoms. The summed E-state index contributed by atoms with van der Waals surface area (Å²) in [5.41, 5.74) is 0.555. The van der Waals surface area contributed by atoms with Crippen molar-refractivity contribution in [3.8, 4) is 0 Å². The molecule has 1 aliphatic rings. The highest BCUT2D eigenvalue weighted by molar-refractivity contribution is 6.31. The quantitative estimate of drug-likeness (QED) is 0.697. The Morgan fingerprint density at radius 1 is 1.31 bits per heavy atom. The third-order valence-corrected chi connectivity index (χ3v) is 2.18. The third-order valence-electron chi connectivity index (χ3n) is 1.83. The molecular weight excluding hydrogens is 195 g/mol. The smallest absolute Gasteiger partial charge is 0.185 e. The molecule has 0 unspecified atom stereocenters. The van der Waals surface area contributed by atoms with Crippen LogP contribution >= 0.6 is 11.6 Å². The average molecular weight is 203 g/mol. The van der Waals surface area contributed by atoms with Crippen molar-refractivity contribution in [2.24, 2.45) is 0 Å². The largest absolute Gasteiger partial charge is 0.346 e. The molecule has 13 heavy (non-hydrogen) atoms. The second-order valence-corrected chi connectivity index (χ2v) is 3.15. The first-order valence-corrected chi connectivity index (χ1v) is 4.33. The number of benzene rings is 1. The Hall–Kier alpha value is -0.640. The lowest BCUT2D eigenvalue weighted by Gasteiger charge is -2.10. The molecule has 0 radical (unpaired) electrons. The fourth-order valence-electron chi connectivity index (χ4n) is 1.23. The second kappa shape index (κ2) is 3.62. The van der Waals surface area contributed by atoms with E-state index in [0.29, 0.717) is 23.8 Å². The first kappa shape index (κ1) is 8.94. The lowest BCUT2D eigenvalue weighted by atomic mass is 10.2. The Labute approximate surface area is 80.2 Å². The summed E-state index contributed by atoms with van der Waals surface area (Å²) in [5.74, 6) is -0.335. The van der Waals surface area contributed by atoms with Crippen molar-refractivity contribution in [2.75, 3.05) is 13.2 Å². The summed E-state index contributed by atoms with van der Waals surface area (Å²) in [6.07, 6.45) is -0.511. The molecule has 70 valence electrons. The third kappa shape index (κ3) is 1.82. The minimum Gasteiger partial charge on any atom is -0.346 e. The number of hydrogen-bond donors (Lipinski definition) is 0. The van der Waals surface area contributed by atoms with Crippen LogP contribution in [0.15, 0.2) is 18.2 Å². The van der Waals surface area contributed by atoms with Crippen LogP contribution in [0, 0.1) is 5.82 Å². The zero-order chi connectivity index (χ0) is 9.26. The van der Waals surface area contributed by atoms with Crippen LogP contribution in [0.4, 0.5) is 4.39 Å². The zero-order valence-electron chi connectivity index (χ0n) is 6.80. The van der Waals surface area contributed by atoms with Gasteiger partial charge in [0.1, 0.15) is 5.82 Å². The topological polar surface area (TPSA) is 18.5 Å². The van der Waals surface area contributed by atoms with Gasteiger partial charge >= 0.3 is 0 Å². The van der Waals surface area contributed by atoms with E-state index in [1.54, 1.807) is 0 Å². The Morgan fingerprint density at radius 2 is 2.00 bits per heavy atom. The van der Waals surface area contributed by atoms with E-state index >= 15 is 0 Å². The highest BCUT2D eigenvalue weighted by Crippen LogP contribution is 2.29. The van der Waals surface area contributed by atoms with Gasteiger partial charge in [-0.1, -0.05) is 11.6 Å². The molecule has 0 bridgehead atoms. The molecule has 1 saturated heterocycles. The maximum Gasteiger partial charge on any atom is 0.185 e. The maximum atomic E-state index is 12.8. The average Bonchev–Trinajstić information content (AvgIpc) is 2.61. The van der Waals surface area contributed by atoms with Gasteiger partial charge in [-0.3, -0.25) is 0 Å². The van der Waals surface area contributed by atoms with Crippen molar-refractivity contribution in [2.45, 2.75) is 6.29 Å². The molecule has 0 N–H and O–H groups in total. The van der Waals surface area contributed by atoms with Crippen LogP contribution in [-0.2, 0) is 9.47 Å². The number of ether oxygens (including phenoxy) is 2. The summed E-state index contributed by atoms with van der Waals surface area (Å²) in [7, 11) is 0. The van der Waals surface area contributed by atoms with Gasteiger partial charge in [0.2, 0.25) is 0 Å². The Balaban J connectivity index is 2.32. The van der Waals surface area contributed by atoms with Gasteiger partial charge in [-0.05, 0) is 18.2 Å². The summed E-state index contributed by atoms with van der Waals surface area (Å²) in [5, 5.41) is 0.466. The van der Waals surface area contributed by atoms with Crippen molar-refractivity contribution >= 4 is 11.6 Å². The molecular formula is C9H8ClFO2. The highest BCUT2D eigenvalue weighted by Gasteiger charge is 2.21. The molecule has 0 atom stereocenters. The molecule has 1 aliphatic heterocycles. The summed E-state index contributed by atoms with van der Waals surface area (Å²) in [6, 6.07) is 4.14. The van der Waals surface area contributed by atoms with Crippen molar-refractivity contribution in [3.05, 3.63) is 34.6 Å². The minimum atomic E-state index is -0.511. The van der Waals surface area contributed by atoms with Crippen molar-refractivity contribution < 1.29 is 13.9 Å². The SMILES string of the molecule is Fc1ccc(Cl)c(C2OCCO2)c1. The summed E-state index contributed by atoms with van der Waals surface area (Å²) in [4.78, 5) is 0. The van der Waals surface area contributed by atoms with E-state index in [4.69, 9.17) is 21.1 Å². The van der Waals surface area contributed by atoms with E-state index in [1.807, 2.05) is 0 Å². The van der Waals surface area contributed by atoms with Gasteiger partial charge in [0.05, 0.1) is 13.2 Å². The van der Waals surface area contributed by atoms with Crippen LogP contribution in [-0.4, -0.2) is 13.2 Å². The molecule has 0 aromatic heterocycles. The molecule has 2 rings (SSSR count). The number of hydrogen-bond acceptors (Lipinski definition) is 2. The van der Waals surface area contributed by atoms with Crippen LogP contribution in [0.5, 0.6) is 0 Å². The van der Waals surface area contributed by atoms with Crippen LogP contribution in [0.2, 0.25) is 5.02 Å². The van der Waals surface area contributed by atoms with Crippen LogP contribution in [0.3, 0.4) is 0 Å². The molecule has 4 heteroatoms. The molecule has 1 aromatic carbocycles. The van der Waals surface area contributed by atoms with Gasteiger partial charge in [0.25, 0.3) is 0 Å². The van der Waals surface area contributed by atoms with E-state index in [0.717, 1.165) is 0 Å². The van der Waals surface area contributed by atoms with Crippen molar-refractivity contribution in [1.82, 2.24) is 0 Å². The van der Waals surface area contributed by atoms with E-state index in [-0.39, 0.29) is 5.82 Å². The predicted molar refractivity (Wildman–Crippen MR) is 46.1 cm³/mol. The Morgan fingerprint density at radius 3 is 2.69 bits per heavy atom. The second-order valence-electron chi connectivity index (χ2n) is 2.74. The van der Waals surface area contributed by atoms with Gasteiger partial charge in [0.15, 0.2) is 6.29 Å². The van der Waals surface area contributed by atoms with E-state index in [2.05, 4.69) is 0 Å². The van der Waals surface area contributed by atoms with Gasteiger partial charge in [-0.15, -0.1) is 0 Å². The molecule has 0 amide bonds. The van der Waals surface area contributed by atoms with E-state index in [1.165, 1.54) is 18.2 Å². The fourth-order valence-corrected chi connectivity index (χ4v) is 1.44. The lowest BCUT2D eigenvalue weighted by molar-refractivity contribution is -0.0442. The molecule has 1 heterocycles. The highest BCUT2D eigenvalue weighted by atomic mass is 35.5. The van der Waals surface area contributed by atoms with Gasteiger partial charge in [-0.25, -0.2) is 4.39 Å². The van der Waals surface area contributed by atoms with Crippen molar-refractivity contribution in [1.29, 1.82) is 0 Å². The molecule has 1 fully saturated rings. The summed E-state index contributed by atoms with van der Waals surface area (Å²) in [6.45, 7) is 1.05. The molecule has 2 nitrogen and oxygen atoms in total. The van der Waals surface area contributed by atoms with E-state index in [9.17, 15) is 4.39 Å². The normalized spacial score (nSPS) is 18.0. The predicted octanol–water partition coefficient (Wildman–Crippen LogP) is 2.52. The lowest BCUT2D eigenvalue weighted by Crippen LogP contribution is -1.99. The number of rotatable bonds is 1. The fraction of sp³-hybridized carbons (Fsp3) is 0.333. The first-order chi connectivity index (χ1) is 6.27. The molecule has 1 aromatic rings. The van der Waals surface area contributed by atoms with Gasteiger partial charge in [-0.2, -0.15) is 0 Å².